The maximum atomic E-state index is 13.2. The summed E-state index contributed by atoms with van der Waals surface area (Å²) in [5.41, 5.74) is -0.810. The first-order valence-corrected chi connectivity index (χ1v) is 12.7. The summed E-state index contributed by atoms with van der Waals surface area (Å²) in [6, 6.07) is 5.41. The quantitative estimate of drug-likeness (QED) is 0.313. The van der Waals surface area contributed by atoms with E-state index < -0.39 is 34.8 Å². The Morgan fingerprint density at radius 3 is 2.58 bits per heavy atom. The van der Waals surface area contributed by atoms with Crippen molar-refractivity contribution in [1.29, 1.82) is 0 Å². The summed E-state index contributed by atoms with van der Waals surface area (Å²) in [6.45, 7) is 5.54. The predicted molar refractivity (Wildman–Crippen MR) is 133 cm³/mol. The van der Waals surface area contributed by atoms with E-state index in [4.69, 9.17) is 0 Å². The lowest BCUT2D eigenvalue weighted by Gasteiger charge is -2.44. The lowest BCUT2D eigenvalue weighted by Crippen LogP contribution is -2.44. The first-order valence-electron chi connectivity index (χ1n) is 11.1. The Morgan fingerprint density at radius 1 is 1.22 bits per heavy atom. The molecule has 4 rings (SSSR count). The molecule has 12 heteroatoms. The highest BCUT2D eigenvalue weighted by molar-refractivity contribution is 9.10. The van der Waals surface area contributed by atoms with Crippen molar-refractivity contribution in [3.8, 4) is 10.4 Å². The van der Waals surface area contributed by atoms with Gasteiger partial charge in [-0.1, -0.05) is 19.9 Å². The second-order valence-electron chi connectivity index (χ2n) is 9.76. The van der Waals surface area contributed by atoms with Crippen LogP contribution in [0.2, 0.25) is 0 Å². The van der Waals surface area contributed by atoms with Crippen molar-refractivity contribution >= 4 is 44.9 Å². The summed E-state index contributed by atoms with van der Waals surface area (Å²) in [6.07, 6.45) is -1.03. The molecule has 0 spiro atoms. The summed E-state index contributed by atoms with van der Waals surface area (Å²) >= 11 is 4.14. The number of aliphatic carboxylic acids is 1. The number of nitrogens with one attached hydrogen (secondary N) is 1. The molecule has 3 N–H and O–H groups in total. The molecule has 3 aromatic rings. The van der Waals surface area contributed by atoms with E-state index >= 15 is 0 Å². The van der Waals surface area contributed by atoms with Crippen LogP contribution < -0.4 is 5.32 Å². The standard InChI is InChI=1S/C24H24BrF3N4O3S/c1-12-6-13(8-14(7-12)31-21-30-9-16(25)18(32-21)24(26,27)28)17-10-29-20(36-17)23(35)5-4-15(19(33)34)22(2,3)11-23/h6-10,15,35H,4-5,11H2,1-3H3,(H,33,34)(H,30,31,32). The number of benzene rings is 1. The van der Waals surface area contributed by atoms with Crippen LogP contribution in [0, 0.1) is 18.3 Å². The summed E-state index contributed by atoms with van der Waals surface area (Å²) in [4.78, 5) is 24.4. The molecule has 192 valence electrons. The SMILES string of the molecule is Cc1cc(Nc2ncc(Br)c(C(F)(F)F)n2)cc(-c2cnc(C3(O)CCC(C(=O)O)C(C)(C)C3)s2)c1. The third-order valence-corrected chi connectivity index (χ3v) is 8.19. The van der Waals surface area contributed by atoms with Crippen LogP contribution in [0.15, 0.2) is 35.1 Å². The van der Waals surface area contributed by atoms with E-state index in [0.717, 1.165) is 22.2 Å². The average Bonchev–Trinajstić information content (AvgIpc) is 3.24. The smallest absolute Gasteiger partial charge is 0.434 e. The number of aliphatic hydroxyl groups is 1. The molecule has 0 bridgehead atoms. The van der Waals surface area contributed by atoms with Gasteiger partial charge in [0.2, 0.25) is 5.95 Å². The van der Waals surface area contributed by atoms with Gasteiger partial charge >= 0.3 is 12.1 Å². The molecule has 2 heterocycles. The minimum absolute atomic E-state index is 0.196. The summed E-state index contributed by atoms with van der Waals surface area (Å²) in [5, 5.41) is 24.3. The van der Waals surface area contributed by atoms with Crippen molar-refractivity contribution in [2.45, 2.75) is 51.8 Å². The average molecular weight is 585 g/mol. The lowest BCUT2D eigenvalue weighted by atomic mass is 9.63. The maximum absolute atomic E-state index is 13.2. The van der Waals surface area contributed by atoms with Crippen molar-refractivity contribution in [2.24, 2.45) is 11.3 Å². The Labute approximate surface area is 218 Å². The van der Waals surface area contributed by atoms with Crippen molar-refractivity contribution < 1.29 is 28.2 Å². The monoisotopic (exact) mass is 584 g/mol. The van der Waals surface area contributed by atoms with E-state index in [1.54, 1.807) is 18.3 Å². The zero-order chi connectivity index (χ0) is 26.5. The molecule has 0 amide bonds. The van der Waals surface area contributed by atoms with Crippen LogP contribution in [0.3, 0.4) is 0 Å². The van der Waals surface area contributed by atoms with Gasteiger partial charge in [-0.3, -0.25) is 4.79 Å². The third kappa shape index (κ3) is 5.40. The molecule has 1 aromatic carbocycles. The molecular weight excluding hydrogens is 561 g/mol. The fourth-order valence-electron chi connectivity index (χ4n) is 4.75. The molecule has 1 fully saturated rings. The van der Waals surface area contributed by atoms with Gasteiger partial charge in [0, 0.05) is 18.1 Å². The molecule has 0 radical (unpaired) electrons. The Balaban J connectivity index is 1.60. The van der Waals surface area contributed by atoms with Crippen LogP contribution in [0.25, 0.3) is 10.4 Å². The number of anilines is 2. The highest BCUT2D eigenvalue weighted by atomic mass is 79.9. The maximum Gasteiger partial charge on any atom is 0.434 e. The van der Waals surface area contributed by atoms with Gasteiger partial charge in [0.05, 0.1) is 15.3 Å². The summed E-state index contributed by atoms with van der Waals surface area (Å²) < 4.78 is 39.4. The van der Waals surface area contributed by atoms with Crippen LogP contribution in [0.4, 0.5) is 24.8 Å². The van der Waals surface area contributed by atoms with E-state index in [0.29, 0.717) is 23.5 Å². The molecule has 2 atom stereocenters. The second-order valence-corrected chi connectivity index (χ2v) is 11.6. The molecular formula is C24H24BrF3N4O3S. The Hall–Kier alpha value is -2.57. The fourth-order valence-corrected chi connectivity index (χ4v) is 6.19. The number of nitrogens with zero attached hydrogens (tertiary/aromatic N) is 3. The number of hydrogen-bond acceptors (Lipinski definition) is 7. The van der Waals surface area contributed by atoms with Crippen molar-refractivity contribution in [3.63, 3.8) is 0 Å². The van der Waals surface area contributed by atoms with E-state index in [2.05, 4.69) is 36.2 Å². The normalized spacial score (nSPS) is 21.8. The number of aromatic nitrogens is 3. The second kappa shape index (κ2) is 9.38. The molecule has 1 aliphatic carbocycles. The highest BCUT2D eigenvalue weighted by Crippen LogP contribution is 2.51. The Kier molecular flexibility index (Phi) is 6.91. The number of carboxylic acid groups (broad SMARTS) is 1. The lowest BCUT2D eigenvalue weighted by molar-refractivity contribution is -0.154. The van der Waals surface area contributed by atoms with Crippen LogP contribution in [-0.2, 0) is 16.6 Å². The van der Waals surface area contributed by atoms with E-state index in [1.807, 2.05) is 26.8 Å². The number of aryl methyl sites for hydroxylation is 1. The molecule has 2 unspecified atom stereocenters. The van der Waals surface area contributed by atoms with Crippen molar-refractivity contribution in [3.05, 3.63) is 51.3 Å². The van der Waals surface area contributed by atoms with Crippen LogP contribution >= 0.6 is 27.3 Å². The minimum atomic E-state index is -4.63. The van der Waals surface area contributed by atoms with Crippen molar-refractivity contribution in [1.82, 2.24) is 15.0 Å². The Bertz CT molecular complexity index is 1310. The molecule has 0 saturated heterocycles. The molecule has 36 heavy (non-hydrogen) atoms. The molecule has 1 aliphatic rings. The van der Waals surface area contributed by atoms with Crippen LogP contribution in [-0.4, -0.2) is 31.1 Å². The number of carbonyl (C=O) groups is 1. The van der Waals surface area contributed by atoms with Gasteiger partial charge in [-0.25, -0.2) is 15.0 Å². The number of thiazole rings is 1. The van der Waals surface area contributed by atoms with Crippen LogP contribution in [0.1, 0.15) is 49.4 Å². The predicted octanol–water partition coefficient (Wildman–Crippen LogP) is 6.53. The fraction of sp³-hybridized carbons (Fsp3) is 0.417. The van der Waals surface area contributed by atoms with Gasteiger partial charge in [0.1, 0.15) is 10.6 Å². The number of hydrogen-bond donors (Lipinski definition) is 3. The van der Waals surface area contributed by atoms with Gasteiger partial charge in [-0.15, -0.1) is 11.3 Å². The highest BCUT2D eigenvalue weighted by Gasteiger charge is 2.49. The first-order chi connectivity index (χ1) is 16.7. The first kappa shape index (κ1) is 26.5. The largest absolute Gasteiger partial charge is 0.481 e. The number of carboxylic acids is 1. The van der Waals surface area contributed by atoms with Gasteiger partial charge in [0.15, 0.2) is 5.69 Å². The molecule has 1 saturated carbocycles. The Morgan fingerprint density at radius 2 is 1.94 bits per heavy atom. The van der Waals surface area contributed by atoms with E-state index in [1.165, 1.54) is 11.3 Å². The topological polar surface area (TPSA) is 108 Å². The van der Waals surface area contributed by atoms with E-state index in [9.17, 15) is 28.2 Å². The van der Waals surface area contributed by atoms with Gasteiger partial charge < -0.3 is 15.5 Å². The molecule has 0 aliphatic heterocycles. The number of rotatable bonds is 5. The molecule has 2 aromatic heterocycles. The third-order valence-electron chi connectivity index (χ3n) is 6.37. The minimum Gasteiger partial charge on any atom is -0.481 e. The van der Waals surface area contributed by atoms with Gasteiger partial charge in [0.25, 0.3) is 0 Å². The van der Waals surface area contributed by atoms with Gasteiger partial charge in [-0.05, 0) is 70.8 Å². The zero-order valence-corrected chi connectivity index (χ0v) is 22.1. The van der Waals surface area contributed by atoms with Crippen LogP contribution in [0.5, 0.6) is 0 Å². The number of halogens is 4. The molecule has 7 nitrogen and oxygen atoms in total. The zero-order valence-electron chi connectivity index (χ0n) is 19.6. The van der Waals surface area contributed by atoms with Crippen molar-refractivity contribution in [2.75, 3.05) is 5.32 Å². The summed E-state index contributed by atoms with van der Waals surface area (Å²) in [7, 11) is 0. The summed E-state index contributed by atoms with van der Waals surface area (Å²) in [5.74, 6) is -1.60. The van der Waals surface area contributed by atoms with E-state index in [-0.39, 0.29) is 16.8 Å². The number of alkyl halides is 3. The van der Waals surface area contributed by atoms with Gasteiger partial charge in [-0.2, -0.15) is 13.2 Å².